The normalized spacial score (nSPS) is 16.8. The fourth-order valence-electron chi connectivity index (χ4n) is 2.56. The summed E-state index contributed by atoms with van der Waals surface area (Å²) in [5, 5.41) is 27.3. The third-order valence-corrected chi connectivity index (χ3v) is 4.90. The van der Waals surface area contributed by atoms with Gasteiger partial charge in [-0.15, -0.1) is 10.2 Å². The summed E-state index contributed by atoms with van der Waals surface area (Å²) in [6, 6.07) is 3.63. The molecule has 1 aliphatic heterocycles. The molecule has 0 radical (unpaired) electrons. The van der Waals surface area contributed by atoms with Crippen LogP contribution in [0.3, 0.4) is 0 Å². The number of hydrogen-bond donors (Lipinski definition) is 3. The number of aromatic nitrogens is 3. The molecule has 120 valence electrons. The molecule has 0 fully saturated rings. The molecule has 0 saturated carbocycles. The number of aromatic carboxylic acids is 1. The van der Waals surface area contributed by atoms with Gasteiger partial charge >= 0.3 is 13.1 Å². The molecule has 1 aromatic carbocycles. The number of benzene rings is 1. The van der Waals surface area contributed by atoms with Gasteiger partial charge < -0.3 is 20.6 Å². The first kappa shape index (κ1) is 15.7. The van der Waals surface area contributed by atoms with E-state index in [4.69, 9.17) is 10.5 Å². The van der Waals surface area contributed by atoms with Crippen molar-refractivity contribution in [1.82, 2.24) is 14.9 Å². The Hall–Kier alpha value is -2.20. The molecule has 2 heterocycles. The van der Waals surface area contributed by atoms with Gasteiger partial charge in [0.25, 0.3) is 0 Å². The summed E-state index contributed by atoms with van der Waals surface area (Å²) < 4.78 is 6.78. The molecule has 8 nitrogen and oxygen atoms in total. The molecule has 4 N–H and O–H groups in total. The van der Waals surface area contributed by atoms with Gasteiger partial charge in [-0.25, -0.2) is 9.47 Å². The minimum Gasteiger partial charge on any atom is -0.535 e. The fourth-order valence-corrected chi connectivity index (χ4v) is 3.53. The topological polar surface area (TPSA) is 123 Å². The highest BCUT2D eigenvalue weighted by atomic mass is 32.2. The molecular weight excluding hydrogens is 319 g/mol. The third-order valence-electron chi connectivity index (χ3n) is 3.70. The molecule has 1 atom stereocenters. The van der Waals surface area contributed by atoms with E-state index in [9.17, 15) is 14.9 Å². The van der Waals surface area contributed by atoms with Crippen LogP contribution in [-0.4, -0.2) is 43.2 Å². The Labute approximate surface area is 136 Å². The van der Waals surface area contributed by atoms with Gasteiger partial charge in [0.2, 0.25) is 5.16 Å². The van der Waals surface area contributed by atoms with Crippen molar-refractivity contribution in [2.75, 3.05) is 5.84 Å². The number of hydrogen-bond acceptors (Lipinski definition) is 7. The van der Waals surface area contributed by atoms with Gasteiger partial charge in [-0.2, -0.15) is 0 Å². The lowest BCUT2D eigenvalue weighted by molar-refractivity contribution is 0.0693. The van der Waals surface area contributed by atoms with Gasteiger partial charge in [0.05, 0.1) is 5.15 Å². The minimum absolute atomic E-state index is 0.120. The van der Waals surface area contributed by atoms with E-state index in [1.807, 2.05) is 13.0 Å². The summed E-state index contributed by atoms with van der Waals surface area (Å²) in [5.41, 5.74) is 1.54. The number of thioether (sulfide) groups is 1. The van der Waals surface area contributed by atoms with Crippen molar-refractivity contribution in [3.63, 3.8) is 0 Å². The molecule has 1 aliphatic rings. The van der Waals surface area contributed by atoms with Gasteiger partial charge in [-0.05, 0) is 24.0 Å². The van der Waals surface area contributed by atoms with Crippen LogP contribution >= 0.6 is 11.8 Å². The number of carboxylic acid groups (broad SMARTS) is 1. The van der Waals surface area contributed by atoms with E-state index in [1.165, 1.54) is 22.8 Å². The Kier molecular flexibility index (Phi) is 4.18. The largest absolute Gasteiger partial charge is 0.537 e. The minimum atomic E-state index is -1.16. The average molecular weight is 334 g/mol. The smallest absolute Gasteiger partial charge is 0.535 e. The van der Waals surface area contributed by atoms with Crippen molar-refractivity contribution < 1.29 is 19.6 Å². The molecular formula is C13H15BN4O4S. The van der Waals surface area contributed by atoms with Crippen LogP contribution in [0.2, 0.25) is 0 Å². The summed E-state index contributed by atoms with van der Waals surface area (Å²) in [5.74, 6) is 4.86. The van der Waals surface area contributed by atoms with Crippen molar-refractivity contribution in [3.8, 4) is 5.75 Å². The zero-order valence-electron chi connectivity index (χ0n) is 12.3. The molecule has 0 unspecified atom stereocenters. The van der Waals surface area contributed by atoms with Gasteiger partial charge in [-0.3, -0.25) is 0 Å². The zero-order valence-corrected chi connectivity index (χ0v) is 13.2. The zero-order chi connectivity index (χ0) is 16.6. The van der Waals surface area contributed by atoms with E-state index in [1.54, 1.807) is 6.07 Å². The van der Waals surface area contributed by atoms with Gasteiger partial charge in [0.15, 0.2) is 0 Å². The van der Waals surface area contributed by atoms with Crippen LogP contribution < -0.4 is 10.5 Å². The summed E-state index contributed by atoms with van der Waals surface area (Å²) in [6.45, 7) is 1.88. The Morgan fingerprint density at radius 1 is 1.61 bits per heavy atom. The number of aryl methyl sites for hydroxylation is 1. The lowest BCUT2D eigenvalue weighted by Gasteiger charge is -2.28. The van der Waals surface area contributed by atoms with Gasteiger partial charge in [0, 0.05) is 0 Å². The van der Waals surface area contributed by atoms with Crippen molar-refractivity contribution in [2.45, 2.75) is 30.1 Å². The number of carboxylic acids is 1. The van der Waals surface area contributed by atoms with E-state index in [2.05, 4.69) is 10.2 Å². The quantitative estimate of drug-likeness (QED) is 0.541. The first-order valence-corrected chi connectivity index (χ1v) is 7.93. The van der Waals surface area contributed by atoms with Crippen molar-refractivity contribution in [3.05, 3.63) is 35.2 Å². The molecule has 0 spiro atoms. The van der Waals surface area contributed by atoms with Crippen LogP contribution in [0.4, 0.5) is 0 Å². The van der Waals surface area contributed by atoms with E-state index >= 15 is 0 Å². The number of nitrogen functional groups attached to an aromatic ring is 1. The maximum atomic E-state index is 11.5. The predicted molar refractivity (Wildman–Crippen MR) is 84.9 cm³/mol. The molecule has 1 aromatic heterocycles. The summed E-state index contributed by atoms with van der Waals surface area (Å²) in [6.07, 6.45) is 2.38. The van der Waals surface area contributed by atoms with Crippen LogP contribution in [0.1, 0.15) is 28.4 Å². The van der Waals surface area contributed by atoms with E-state index < -0.39 is 13.1 Å². The van der Waals surface area contributed by atoms with Crippen LogP contribution in [0.25, 0.3) is 0 Å². The van der Waals surface area contributed by atoms with Crippen molar-refractivity contribution in [2.24, 2.45) is 0 Å². The Morgan fingerprint density at radius 2 is 2.39 bits per heavy atom. The molecule has 0 bridgehead atoms. The number of carbonyl (C=O) groups is 1. The Bertz CT molecular complexity index is 754. The second-order valence-electron chi connectivity index (χ2n) is 5.14. The van der Waals surface area contributed by atoms with Crippen LogP contribution in [0, 0.1) is 0 Å². The highest BCUT2D eigenvalue weighted by molar-refractivity contribution is 8.01. The maximum Gasteiger partial charge on any atom is 0.537 e. The molecule has 0 aliphatic carbocycles. The SMILES string of the molecule is CCc1ccc2c(c1C(=O)O)OB(O)[C@@H](Sc1nncn1N)C2. The van der Waals surface area contributed by atoms with Gasteiger partial charge in [-0.1, -0.05) is 30.8 Å². The molecule has 0 amide bonds. The number of rotatable bonds is 4. The standard InChI is InChI=1S/C13H15BN4O4S/c1-2-7-3-4-8-5-9(23-13-17-16-6-18(13)15)14(21)22-11(8)10(7)12(19)20/h3-4,6,9,21H,2,5,15H2,1H3,(H,19,20)/t9-/m0/s1. The highest BCUT2D eigenvalue weighted by Crippen LogP contribution is 2.37. The van der Waals surface area contributed by atoms with E-state index in [-0.39, 0.29) is 16.5 Å². The van der Waals surface area contributed by atoms with Crippen LogP contribution in [-0.2, 0) is 12.8 Å². The van der Waals surface area contributed by atoms with Crippen LogP contribution in [0.15, 0.2) is 23.6 Å². The molecule has 10 heteroatoms. The van der Waals surface area contributed by atoms with Gasteiger partial charge in [0.1, 0.15) is 17.6 Å². The van der Waals surface area contributed by atoms with E-state index in [0.29, 0.717) is 23.6 Å². The second kappa shape index (κ2) is 6.13. The number of fused-ring (bicyclic) bond motifs is 1. The molecule has 2 aromatic rings. The van der Waals surface area contributed by atoms with Crippen LogP contribution in [0.5, 0.6) is 5.75 Å². The van der Waals surface area contributed by atoms with Crippen molar-refractivity contribution in [1.29, 1.82) is 0 Å². The molecule has 23 heavy (non-hydrogen) atoms. The number of nitrogens with two attached hydrogens (primary N) is 1. The Morgan fingerprint density at radius 3 is 3.00 bits per heavy atom. The summed E-state index contributed by atoms with van der Waals surface area (Å²) in [7, 11) is -1.16. The average Bonchev–Trinajstić information content (AvgIpc) is 2.92. The third kappa shape index (κ3) is 2.87. The Balaban J connectivity index is 1.93. The van der Waals surface area contributed by atoms with E-state index in [0.717, 1.165) is 5.56 Å². The molecule has 3 rings (SSSR count). The predicted octanol–water partition coefficient (Wildman–Crippen LogP) is 0.368. The maximum absolute atomic E-state index is 11.5. The highest BCUT2D eigenvalue weighted by Gasteiger charge is 2.39. The summed E-state index contributed by atoms with van der Waals surface area (Å²) in [4.78, 5) is 11.5. The second-order valence-corrected chi connectivity index (χ2v) is 6.34. The molecule has 0 saturated heterocycles. The lowest BCUT2D eigenvalue weighted by Crippen LogP contribution is -2.41. The lowest BCUT2D eigenvalue weighted by atomic mass is 9.77. The summed E-state index contributed by atoms with van der Waals surface area (Å²) >= 11 is 1.24. The number of nitrogens with zero attached hydrogens (tertiary/aromatic N) is 3. The van der Waals surface area contributed by atoms with Crippen molar-refractivity contribution >= 4 is 24.8 Å². The first-order valence-electron chi connectivity index (χ1n) is 7.05. The fraction of sp³-hybridized carbons (Fsp3) is 0.308. The monoisotopic (exact) mass is 334 g/mol. The first-order chi connectivity index (χ1) is 11.0.